The van der Waals surface area contributed by atoms with Gasteiger partial charge in [0.15, 0.2) is 5.60 Å². The van der Waals surface area contributed by atoms with Crippen molar-refractivity contribution in [2.24, 2.45) is 0 Å². The first-order valence-electron chi connectivity index (χ1n) is 5.37. The van der Waals surface area contributed by atoms with Gasteiger partial charge in [0, 0.05) is 17.7 Å². The minimum absolute atomic E-state index is 0.00912. The normalized spacial score (nSPS) is 21.9. The largest absolute Gasteiger partial charge is 0.467 e. The molecular weight excluding hydrogens is 258 g/mol. The summed E-state index contributed by atoms with van der Waals surface area (Å²) in [6, 6.07) is 2.64. The molecule has 0 spiro atoms. The van der Waals surface area contributed by atoms with Crippen LogP contribution in [0.4, 0.5) is 8.78 Å². The summed E-state index contributed by atoms with van der Waals surface area (Å²) >= 11 is 0. The van der Waals surface area contributed by atoms with E-state index in [9.17, 15) is 18.4 Å². The zero-order valence-corrected chi connectivity index (χ0v) is 10.2. The van der Waals surface area contributed by atoms with Crippen LogP contribution in [-0.4, -0.2) is 18.9 Å². The lowest BCUT2D eigenvalue weighted by Crippen LogP contribution is -2.30. The van der Waals surface area contributed by atoms with Gasteiger partial charge in [-0.05, 0) is 19.1 Å². The number of carbonyl (C=O) groups is 2. The highest BCUT2D eigenvalue weighted by molar-refractivity contribution is 6.06. The molecule has 4 nitrogen and oxygen atoms in total. The Morgan fingerprint density at radius 1 is 1.26 bits per heavy atom. The summed E-state index contributed by atoms with van der Waals surface area (Å²) in [7, 11) is 1.13. The summed E-state index contributed by atoms with van der Waals surface area (Å²) in [6.45, 7) is 1.33. The van der Waals surface area contributed by atoms with E-state index in [2.05, 4.69) is 4.74 Å². The summed E-state index contributed by atoms with van der Waals surface area (Å²) in [5, 5.41) is 0. The molecule has 19 heavy (non-hydrogen) atoms. The molecule has 0 aromatic heterocycles. The van der Waals surface area contributed by atoms with Gasteiger partial charge in [-0.1, -0.05) is 0 Å². The lowest BCUT2D eigenvalue weighted by molar-refractivity contribution is -0.144. The van der Waals surface area contributed by atoms with Crippen LogP contribution in [0.15, 0.2) is 30.0 Å². The molecule has 0 aliphatic carbocycles. The fourth-order valence-electron chi connectivity index (χ4n) is 1.79. The maximum atomic E-state index is 13.2. The third-order valence-corrected chi connectivity index (χ3v) is 2.85. The van der Waals surface area contributed by atoms with Crippen molar-refractivity contribution in [2.75, 3.05) is 7.11 Å². The molecule has 0 radical (unpaired) electrons. The van der Waals surface area contributed by atoms with Gasteiger partial charge in [-0.25, -0.2) is 13.6 Å². The van der Waals surface area contributed by atoms with E-state index >= 15 is 0 Å². The van der Waals surface area contributed by atoms with Crippen LogP contribution in [0.25, 0.3) is 0 Å². The topological polar surface area (TPSA) is 52.6 Å². The maximum absolute atomic E-state index is 13.2. The number of benzene rings is 1. The SMILES string of the molecule is COC(=O)C1=CC(=O)C(C)(c2cc(F)cc(F)c2)O1. The quantitative estimate of drug-likeness (QED) is 0.768. The second kappa shape index (κ2) is 4.46. The average Bonchev–Trinajstić information content (AvgIpc) is 2.65. The molecule has 0 saturated carbocycles. The molecule has 1 aliphatic heterocycles. The Bertz CT molecular complexity index is 574. The second-order valence-electron chi connectivity index (χ2n) is 4.16. The number of halogens is 2. The van der Waals surface area contributed by atoms with Gasteiger partial charge in [-0.3, -0.25) is 4.79 Å². The smallest absolute Gasteiger partial charge is 0.373 e. The molecular formula is C13H10F2O4. The van der Waals surface area contributed by atoms with Gasteiger partial charge in [0.05, 0.1) is 7.11 Å². The predicted molar refractivity (Wildman–Crippen MR) is 59.9 cm³/mol. The lowest BCUT2D eigenvalue weighted by atomic mass is 9.92. The fraction of sp³-hybridized carbons (Fsp3) is 0.231. The van der Waals surface area contributed by atoms with Crippen molar-refractivity contribution in [3.63, 3.8) is 0 Å². The summed E-state index contributed by atoms with van der Waals surface area (Å²) in [6.07, 6.45) is 0.953. The number of ketones is 1. The van der Waals surface area contributed by atoms with Gasteiger partial charge < -0.3 is 9.47 Å². The molecule has 1 unspecified atom stereocenters. The first-order chi connectivity index (χ1) is 8.86. The zero-order chi connectivity index (χ0) is 14.2. The number of ether oxygens (including phenoxy) is 2. The van der Waals surface area contributed by atoms with Crippen LogP contribution in [0.2, 0.25) is 0 Å². The molecule has 2 rings (SSSR count). The van der Waals surface area contributed by atoms with Crippen LogP contribution >= 0.6 is 0 Å². The highest BCUT2D eigenvalue weighted by Crippen LogP contribution is 2.35. The van der Waals surface area contributed by atoms with E-state index in [0.29, 0.717) is 6.07 Å². The van der Waals surface area contributed by atoms with Crippen molar-refractivity contribution in [2.45, 2.75) is 12.5 Å². The molecule has 0 saturated heterocycles. The van der Waals surface area contributed by atoms with Crippen LogP contribution in [0.1, 0.15) is 12.5 Å². The van der Waals surface area contributed by atoms with E-state index < -0.39 is 29.0 Å². The summed E-state index contributed by atoms with van der Waals surface area (Å²) in [5.41, 5.74) is -1.64. The minimum Gasteiger partial charge on any atom is -0.467 e. The van der Waals surface area contributed by atoms with Gasteiger partial charge in [0.2, 0.25) is 11.5 Å². The number of methoxy groups -OCH3 is 1. The van der Waals surface area contributed by atoms with Crippen molar-refractivity contribution in [1.29, 1.82) is 0 Å². The first-order valence-corrected chi connectivity index (χ1v) is 5.37. The van der Waals surface area contributed by atoms with Crippen molar-refractivity contribution in [1.82, 2.24) is 0 Å². The van der Waals surface area contributed by atoms with Crippen LogP contribution < -0.4 is 0 Å². The molecule has 100 valence electrons. The fourth-order valence-corrected chi connectivity index (χ4v) is 1.79. The lowest BCUT2D eigenvalue weighted by Gasteiger charge is -2.23. The first kappa shape index (κ1) is 13.2. The summed E-state index contributed by atoms with van der Waals surface area (Å²) in [4.78, 5) is 23.2. The zero-order valence-electron chi connectivity index (χ0n) is 10.2. The van der Waals surface area contributed by atoms with Crippen LogP contribution in [0, 0.1) is 11.6 Å². The molecule has 1 heterocycles. The molecule has 0 N–H and O–H groups in total. The number of rotatable bonds is 2. The second-order valence-corrected chi connectivity index (χ2v) is 4.16. The van der Waals surface area contributed by atoms with Crippen LogP contribution in [0.5, 0.6) is 0 Å². The van der Waals surface area contributed by atoms with Crippen LogP contribution in [0.3, 0.4) is 0 Å². The molecule has 0 fully saturated rings. The monoisotopic (exact) mass is 268 g/mol. The Hall–Kier alpha value is -2.24. The highest BCUT2D eigenvalue weighted by Gasteiger charge is 2.44. The van der Waals surface area contributed by atoms with Crippen molar-refractivity contribution in [3.8, 4) is 0 Å². The van der Waals surface area contributed by atoms with E-state index in [0.717, 1.165) is 25.3 Å². The Kier molecular flexibility index (Phi) is 3.09. The van der Waals surface area contributed by atoms with Crippen molar-refractivity contribution < 1.29 is 27.8 Å². The third kappa shape index (κ3) is 2.21. The molecule has 0 amide bonds. The standard InChI is InChI=1S/C13H10F2O4/c1-13(7-3-8(14)5-9(15)4-7)11(16)6-10(19-13)12(17)18-2/h3-6H,1-2H3. The summed E-state index contributed by atoms with van der Waals surface area (Å²) in [5.74, 6) is -3.37. The minimum atomic E-state index is -1.63. The van der Waals surface area contributed by atoms with E-state index in [1.54, 1.807) is 0 Å². The van der Waals surface area contributed by atoms with Crippen molar-refractivity contribution in [3.05, 3.63) is 47.2 Å². The number of hydrogen-bond acceptors (Lipinski definition) is 4. The maximum Gasteiger partial charge on any atom is 0.373 e. The molecule has 1 aromatic carbocycles. The number of esters is 1. The Balaban J connectivity index is 2.40. The van der Waals surface area contributed by atoms with Crippen LogP contribution in [-0.2, 0) is 24.7 Å². The molecule has 1 aromatic rings. The number of carbonyl (C=O) groups excluding carboxylic acids is 2. The van der Waals surface area contributed by atoms with E-state index in [-0.39, 0.29) is 11.3 Å². The summed E-state index contributed by atoms with van der Waals surface area (Å²) < 4.78 is 36.0. The highest BCUT2D eigenvalue weighted by atomic mass is 19.1. The van der Waals surface area contributed by atoms with Gasteiger partial charge in [0.1, 0.15) is 11.6 Å². The average molecular weight is 268 g/mol. The predicted octanol–water partition coefficient (Wildman–Crippen LogP) is 1.84. The molecule has 0 bridgehead atoms. The van der Waals surface area contributed by atoms with Gasteiger partial charge in [-0.2, -0.15) is 0 Å². The van der Waals surface area contributed by atoms with E-state index in [4.69, 9.17) is 4.74 Å². The van der Waals surface area contributed by atoms with E-state index in [1.165, 1.54) is 6.92 Å². The molecule has 1 aliphatic rings. The third-order valence-electron chi connectivity index (χ3n) is 2.85. The molecule has 6 heteroatoms. The van der Waals surface area contributed by atoms with Crippen molar-refractivity contribution >= 4 is 11.8 Å². The Labute approximate surface area is 107 Å². The Morgan fingerprint density at radius 2 is 1.84 bits per heavy atom. The van der Waals surface area contributed by atoms with Gasteiger partial charge in [-0.15, -0.1) is 0 Å². The Morgan fingerprint density at radius 3 is 2.37 bits per heavy atom. The molecule has 1 atom stereocenters. The van der Waals surface area contributed by atoms with Gasteiger partial charge in [0.25, 0.3) is 0 Å². The van der Waals surface area contributed by atoms with Gasteiger partial charge >= 0.3 is 5.97 Å². The van der Waals surface area contributed by atoms with E-state index in [1.807, 2.05) is 0 Å². The number of hydrogen-bond donors (Lipinski definition) is 0.